The molecule has 2 aliphatic rings. The number of hydrogen-bond donors (Lipinski definition) is 2. The molecular weight excluding hydrogens is 398 g/mol. The smallest absolute Gasteiger partial charge is 0.243 e. The van der Waals surface area contributed by atoms with Crippen LogP contribution < -0.4 is 15.5 Å². The van der Waals surface area contributed by atoms with Gasteiger partial charge in [0, 0.05) is 44.5 Å². The molecule has 1 spiro atoms. The van der Waals surface area contributed by atoms with Crippen molar-refractivity contribution in [1.29, 1.82) is 0 Å². The molecule has 2 fully saturated rings. The fourth-order valence-electron chi connectivity index (χ4n) is 4.74. The molecule has 0 bridgehead atoms. The van der Waals surface area contributed by atoms with Gasteiger partial charge in [-0.1, -0.05) is 42.5 Å². The van der Waals surface area contributed by atoms with Crippen LogP contribution in [0.25, 0.3) is 0 Å². The van der Waals surface area contributed by atoms with Crippen LogP contribution in [0.3, 0.4) is 0 Å². The van der Waals surface area contributed by atoms with Crippen LogP contribution in [0.15, 0.2) is 54.6 Å². The average molecular weight is 422 g/mol. The molecule has 2 atom stereocenters. The highest BCUT2D eigenvalue weighted by atomic mass is 32.1. The summed E-state index contributed by atoms with van der Waals surface area (Å²) in [6.45, 7) is 0. The molecule has 1 aliphatic heterocycles. The van der Waals surface area contributed by atoms with Gasteiger partial charge in [-0.15, -0.1) is 0 Å². The van der Waals surface area contributed by atoms with E-state index in [1.807, 2.05) is 73.6 Å². The van der Waals surface area contributed by atoms with Crippen LogP contribution in [-0.4, -0.2) is 36.8 Å². The van der Waals surface area contributed by atoms with Crippen molar-refractivity contribution in [2.24, 2.45) is 5.41 Å². The summed E-state index contributed by atoms with van der Waals surface area (Å²) in [7, 11) is 3.88. The second-order valence-electron chi connectivity index (χ2n) is 8.06. The van der Waals surface area contributed by atoms with Crippen LogP contribution in [-0.2, 0) is 14.4 Å². The summed E-state index contributed by atoms with van der Waals surface area (Å²) >= 11 is 5.06. The van der Waals surface area contributed by atoms with E-state index in [1.54, 1.807) is 0 Å². The molecule has 0 aromatic heterocycles. The van der Waals surface area contributed by atoms with Crippen molar-refractivity contribution in [1.82, 2.24) is 10.6 Å². The van der Waals surface area contributed by atoms with Crippen molar-refractivity contribution in [3.05, 3.63) is 65.7 Å². The molecule has 4 rings (SSSR count). The van der Waals surface area contributed by atoms with E-state index < -0.39 is 29.1 Å². The van der Waals surface area contributed by atoms with Crippen molar-refractivity contribution in [3.8, 4) is 0 Å². The number of benzene rings is 2. The van der Waals surface area contributed by atoms with Gasteiger partial charge in [-0.2, -0.15) is 0 Å². The fourth-order valence-corrected chi connectivity index (χ4v) is 4.92. The zero-order chi connectivity index (χ0) is 21.5. The fraction of sp³-hybridized carbons (Fsp3) is 0.304. The number of carbonyl (C=O) groups is 3. The van der Waals surface area contributed by atoms with Gasteiger partial charge in [-0.3, -0.25) is 14.4 Å². The molecule has 154 valence electrons. The van der Waals surface area contributed by atoms with Gasteiger partial charge in [0.15, 0.2) is 5.11 Å². The first-order valence-electron chi connectivity index (χ1n) is 9.84. The van der Waals surface area contributed by atoms with Crippen molar-refractivity contribution in [3.63, 3.8) is 0 Å². The maximum Gasteiger partial charge on any atom is 0.243 e. The van der Waals surface area contributed by atoms with Crippen LogP contribution >= 0.6 is 12.2 Å². The van der Waals surface area contributed by atoms with E-state index >= 15 is 0 Å². The lowest BCUT2D eigenvalue weighted by molar-refractivity contribution is -0.150. The number of amides is 2. The normalized spacial score (nSPS) is 23.1. The summed E-state index contributed by atoms with van der Waals surface area (Å²) in [6, 6.07) is 17.0. The van der Waals surface area contributed by atoms with E-state index in [4.69, 9.17) is 12.2 Å². The maximum absolute atomic E-state index is 13.5. The molecular formula is C23H23N3O3S. The van der Waals surface area contributed by atoms with E-state index in [0.29, 0.717) is 0 Å². The molecule has 6 nitrogen and oxygen atoms in total. The summed E-state index contributed by atoms with van der Waals surface area (Å²) < 4.78 is 0. The van der Waals surface area contributed by atoms with Gasteiger partial charge in [-0.25, -0.2) is 0 Å². The number of anilines is 1. The number of rotatable bonds is 3. The van der Waals surface area contributed by atoms with Gasteiger partial charge < -0.3 is 15.5 Å². The predicted octanol–water partition coefficient (Wildman–Crippen LogP) is 2.50. The predicted molar refractivity (Wildman–Crippen MR) is 118 cm³/mol. The number of Topliss-reactive ketones (excluding diaryl/α,β-unsaturated/α-hetero) is 1. The van der Waals surface area contributed by atoms with Gasteiger partial charge >= 0.3 is 0 Å². The summed E-state index contributed by atoms with van der Waals surface area (Å²) in [5.74, 6) is -2.03. The van der Waals surface area contributed by atoms with Crippen molar-refractivity contribution in [2.45, 2.75) is 24.7 Å². The number of ketones is 1. The minimum atomic E-state index is -1.46. The van der Waals surface area contributed by atoms with E-state index in [0.717, 1.165) is 16.8 Å². The summed E-state index contributed by atoms with van der Waals surface area (Å²) in [5, 5.41) is 5.31. The van der Waals surface area contributed by atoms with Gasteiger partial charge in [0.25, 0.3) is 0 Å². The van der Waals surface area contributed by atoms with Crippen LogP contribution in [0.1, 0.15) is 35.8 Å². The van der Waals surface area contributed by atoms with Crippen molar-refractivity contribution in [2.75, 3.05) is 19.0 Å². The van der Waals surface area contributed by atoms with E-state index in [1.165, 1.54) is 0 Å². The minimum absolute atomic E-state index is 0.000965. The van der Waals surface area contributed by atoms with Gasteiger partial charge in [0.05, 0.1) is 0 Å². The van der Waals surface area contributed by atoms with Gasteiger partial charge in [-0.05, 0) is 35.5 Å². The Kier molecular flexibility index (Phi) is 5.15. The first kappa shape index (κ1) is 20.2. The standard InChI is InChI=1S/C23H23N3O3S/c1-26(2)16-10-8-15(9-11-16)19-13-17(27)12-18(14-6-4-3-5-7-14)23(19)20(28)24-22(30)25-21(23)29/h3-11,18-19H,12-13H2,1-2H3,(H2,24,25,28,29,30). The highest BCUT2D eigenvalue weighted by Crippen LogP contribution is 2.55. The molecule has 2 aromatic rings. The van der Waals surface area contributed by atoms with Crippen LogP contribution in [0.5, 0.6) is 0 Å². The summed E-state index contributed by atoms with van der Waals surface area (Å²) in [5.41, 5.74) is 1.11. The van der Waals surface area contributed by atoms with Crippen LogP contribution in [0.4, 0.5) is 5.69 Å². The third-order valence-electron chi connectivity index (χ3n) is 6.18. The van der Waals surface area contributed by atoms with Gasteiger partial charge in [0.2, 0.25) is 11.8 Å². The van der Waals surface area contributed by atoms with Crippen molar-refractivity contribution < 1.29 is 14.4 Å². The Morgan fingerprint density at radius 1 is 0.833 bits per heavy atom. The van der Waals surface area contributed by atoms with Crippen molar-refractivity contribution >= 4 is 40.6 Å². The number of nitrogens with zero attached hydrogens (tertiary/aromatic N) is 1. The second kappa shape index (κ2) is 7.65. The summed E-state index contributed by atoms with van der Waals surface area (Å²) in [4.78, 5) is 41.7. The largest absolute Gasteiger partial charge is 0.378 e. The molecule has 2 aromatic carbocycles. The number of hydrogen-bond acceptors (Lipinski definition) is 5. The first-order chi connectivity index (χ1) is 14.3. The molecule has 1 heterocycles. The lowest BCUT2D eigenvalue weighted by atomic mass is 9.54. The third kappa shape index (κ3) is 3.19. The Labute approximate surface area is 180 Å². The molecule has 1 aliphatic carbocycles. The molecule has 2 amide bonds. The summed E-state index contributed by atoms with van der Waals surface area (Å²) in [6.07, 6.45) is 0.252. The van der Waals surface area contributed by atoms with Crippen LogP contribution in [0.2, 0.25) is 0 Å². The topological polar surface area (TPSA) is 78.5 Å². The second-order valence-corrected chi connectivity index (χ2v) is 8.46. The number of carbonyl (C=O) groups excluding carboxylic acids is 3. The van der Waals surface area contributed by atoms with Gasteiger partial charge in [0.1, 0.15) is 11.2 Å². The quantitative estimate of drug-likeness (QED) is 0.588. The Bertz CT molecular complexity index is 998. The molecule has 1 saturated heterocycles. The first-order valence-corrected chi connectivity index (χ1v) is 10.3. The minimum Gasteiger partial charge on any atom is -0.378 e. The molecule has 7 heteroatoms. The number of thiocarbonyl (C=S) groups is 1. The molecule has 2 N–H and O–H groups in total. The molecule has 2 unspecified atom stereocenters. The SMILES string of the molecule is CN(C)c1ccc(C2CC(=O)CC(c3ccccc3)C23C(=O)NC(=S)NC3=O)cc1. The zero-order valence-electron chi connectivity index (χ0n) is 16.8. The highest BCUT2D eigenvalue weighted by Gasteiger charge is 2.62. The maximum atomic E-state index is 13.5. The van der Waals surface area contributed by atoms with E-state index in [-0.39, 0.29) is 23.7 Å². The van der Waals surface area contributed by atoms with Crippen LogP contribution in [0, 0.1) is 5.41 Å². The molecule has 30 heavy (non-hydrogen) atoms. The average Bonchev–Trinajstić information content (AvgIpc) is 2.72. The van der Waals surface area contributed by atoms with E-state index in [9.17, 15) is 14.4 Å². The Morgan fingerprint density at radius 3 is 1.83 bits per heavy atom. The lowest BCUT2D eigenvalue weighted by Crippen LogP contribution is -2.67. The van der Waals surface area contributed by atoms with E-state index in [2.05, 4.69) is 10.6 Å². The Morgan fingerprint density at radius 2 is 1.33 bits per heavy atom. The Balaban J connectivity index is 1.90. The third-order valence-corrected chi connectivity index (χ3v) is 6.39. The highest BCUT2D eigenvalue weighted by molar-refractivity contribution is 7.80. The lowest BCUT2D eigenvalue weighted by Gasteiger charge is -2.48. The monoisotopic (exact) mass is 421 g/mol. The molecule has 1 saturated carbocycles. The zero-order valence-corrected chi connectivity index (χ0v) is 17.7. The molecule has 0 radical (unpaired) electrons. The number of nitrogens with one attached hydrogen (secondary N) is 2. The Hall–Kier alpha value is -3.06.